The van der Waals surface area contributed by atoms with Crippen LogP contribution in [0.4, 0.5) is 0 Å². The first-order valence-electron chi connectivity index (χ1n) is 5.16. The molecule has 0 radical (unpaired) electrons. The minimum absolute atomic E-state index is 0.357. The first-order valence-corrected chi connectivity index (χ1v) is 5.16. The van der Waals surface area contributed by atoms with Gasteiger partial charge in [0.15, 0.2) is 0 Å². The molecule has 1 aromatic heterocycles. The fourth-order valence-electron chi connectivity index (χ4n) is 1.51. The zero-order valence-electron chi connectivity index (χ0n) is 9.31. The van der Waals surface area contributed by atoms with Gasteiger partial charge < -0.3 is 0 Å². The van der Waals surface area contributed by atoms with Crippen molar-refractivity contribution in [2.75, 3.05) is 0 Å². The molecule has 3 nitrogen and oxygen atoms in total. The van der Waals surface area contributed by atoms with Crippen molar-refractivity contribution >= 4 is 0 Å². The van der Waals surface area contributed by atoms with E-state index in [1.807, 2.05) is 23.0 Å². The molecular formula is C12H15N3. The van der Waals surface area contributed by atoms with E-state index in [0.29, 0.717) is 6.04 Å². The topological polar surface area (TPSA) is 30.7 Å². The summed E-state index contributed by atoms with van der Waals surface area (Å²) in [7, 11) is 0. The smallest absolute Gasteiger partial charge is 0.113 e. The third-order valence-electron chi connectivity index (χ3n) is 2.46. The maximum atomic E-state index is 4.18. The summed E-state index contributed by atoms with van der Waals surface area (Å²) in [6.45, 7) is 6.27. The summed E-state index contributed by atoms with van der Waals surface area (Å²) in [6, 6.07) is 8.58. The fourth-order valence-corrected chi connectivity index (χ4v) is 1.51. The van der Waals surface area contributed by atoms with Gasteiger partial charge in [-0.3, -0.25) is 0 Å². The zero-order valence-corrected chi connectivity index (χ0v) is 9.31. The molecule has 1 heterocycles. The van der Waals surface area contributed by atoms with Gasteiger partial charge >= 0.3 is 0 Å². The quantitative estimate of drug-likeness (QED) is 0.748. The highest BCUT2D eigenvalue weighted by molar-refractivity contribution is 5.61. The molecule has 78 valence electrons. The van der Waals surface area contributed by atoms with Gasteiger partial charge in [0.25, 0.3) is 0 Å². The molecule has 2 aromatic rings. The summed E-state index contributed by atoms with van der Waals surface area (Å²) in [6.07, 6.45) is 1.99. The number of benzene rings is 1. The zero-order chi connectivity index (χ0) is 10.8. The minimum atomic E-state index is 0.357. The molecule has 1 aromatic carbocycles. The normalized spacial score (nSPS) is 10.9. The number of rotatable bonds is 2. The van der Waals surface area contributed by atoms with Crippen molar-refractivity contribution in [3.05, 3.63) is 36.0 Å². The highest BCUT2D eigenvalue weighted by Crippen LogP contribution is 2.20. The Hall–Kier alpha value is -1.64. The summed E-state index contributed by atoms with van der Waals surface area (Å²) in [5, 5.41) is 8.28. The average Bonchev–Trinajstić information content (AvgIpc) is 2.67. The highest BCUT2D eigenvalue weighted by Gasteiger charge is 2.07. The largest absolute Gasteiger partial charge is 0.249 e. The van der Waals surface area contributed by atoms with Crippen LogP contribution in [0.1, 0.15) is 25.5 Å². The van der Waals surface area contributed by atoms with Crippen LogP contribution in [0, 0.1) is 6.92 Å². The maximum absolute atomic E-state index is 4.18. The second-order valence-electron chi connectivity index (χ2n) is 3.99. The van der Waals surface area contributed by atoms with Crippen molar-refractivity contribution in [1.29, 1.82) is 0 Å². The van der Waals surface area contributed by atoms with E-state index in [-0.39, 0.29) is 0 Å². The van der Waals surface area contributed by atoms with E-state index in [4.69, 9.17) is 0 Å². The van der Waals surface area contributed by atoms with Crippen LogP contribution in [0.15, 0.2) is 30.5 Å². The van der Waals surface area contributed by atoms with Crippen LogP contribution in [0.25, 0.3) is 11.3 Å². The Kier molecular flexibility index (Phi) is 2.54. The van der Waals surface area contributed by atoms with Crippen LogP contribution in [-0.2, 0) is 0 Å². The van der Waals surface area contributed by atoms with Crippen molar-refractivity contribution < 1.29 is 0 Å². The molecule has 0 amide bonds. The van der Waals surface area contributed by atoms with E-state index >= 15 is 0 Å². The number of aromatic nitrogens is 3. The number of hydrogen-bond acceptors (Lipinski definition) is 2. The van der Waals surface area contributed by atoms with Gasteiger partial charge in [-0.25, -0.2) is 4.68 Å². The van der Waals surface area contributed by atoms with Crippen LogP contribution < -0.4 is 0 Å². The Balaban J connectivity index is 2.42. The summed E-state index contributed by atoms with van der Waals surface area (Å²) < 4.78 is 1.88. The molecule has 0 bridgehead atoms. The van der Waals surface area contributed by atoms with Crippen LogP contribution >= 0.6 is 0 Å². The molecular weight excluding hydrogens is 186 g/mol. The summed E-state index contributed by atoms with van der Waals surface area (Å²) in [5.74, 6) is 0. The number of aryl methyl sites for hydroxylation is 1. The second-order valence-corrected chi connectivity index (χ2v) is 3.99. The molecule has 0 aliphatic carbocycles. The van der Waals surface area contributed by atoms with Gasteiger partial charge in [-0.1, -0.05) is 29.5 Å². The van der Waals surface area contributed by atoms with Gasteiger partial charge in [0.2, 0.25) is 0 Å². The molecule has 0 saturated carbocycles. The van der Waals surface area contributed by atoms with Gasteiger partial charge in [0.1, 0.15) is 5.69 Å². The van der Waals surface area contributed by atoms with Crippen molar-refractivity contribution in [3.63, 3.8) is 0 Å². The Labute approximate surface area is 89.7 Å². The maximum Gasteiger partial charge on any atom is 0.113 e. The minimum Gasteiger partial charge on any atom is -0.249 e. The van der Waals surface area contributed by atoms with Gasteiger partial charge in [0.05, 0.1) is 6.20 Å². The van der Waals surface area contributed by atoms with Crippen LogP contribution in [-0.4, -0.2) is 15.0 Å². The van der Waals surface area contributed by atoms with Gasteiger partial charge in [-0.05, 0) is 26.3 Å². The highest BCUT2D eigenvalue weighted by atomic mass is 15.4. The molecule has 0 saturated heterocycles. The SMILES string of the molecule is Cc1ccccc1-c1cn(C(C)C)nn1. The van der Waals surface area contributed by atoms with Gasteiger partial charge in [0, 0.05) is 11.6 Å². The first kappa shape index (κ1) is 9.90. The Morgan fingerprint density at radius 3 is 2.53 bits per heavy atom. The lowest BCUT2D eigenvalue weighted by atomic mass is 10.1. The fraction of sp³-hybridized carbons (Fsp3) is 0.333. The molecule has 0 spiro atoms. The van der Waals surface area contributed by atoms with Gasteiger partial charge in [-0.2, -0.15) is 0 Å². The molecule has 2 rings (SSSR count). The third kappa shape index (κ3) is 1.91. The van der Waals surface area contributed by atoms with Crippen molar-refractivity contribution in [1.82, 2.24) is 15.0 Å². The Morgan fingerprint density at radius 2 is 1.93 bits per heavy atom. The average molecular weight is 201 g/mol. The molecule has 3 heteroatoms. The van der Waals surface area contributed by atoms with E-state index in [1.54, 1.807) is 0 Å². The van der Waals surface area contributed by atoms with E-state index in [0.717, 1.165) is 11.3 Å². The van der Waals surface area contributed by atoms with Crippen molar-refractivity contribution in [2.24, 2.45) is 0 Å². The van der Waals surface area contributed by atoms with E-state index in [2.05, 4.69) is 43.2 Å². The van der Waals surface area contributed by atoms with Crippen LogP contribution in [0.5, 0.6) is 0 Å². The van der Waals surface area contributed by atoms with E-state index in [1.165, 1.54) is 5.56 Å². The second kappa shape index (κ2) is 3.85. The molecule has 0 atom stereocenters. The standard InChI is InChI=1S/C12H15N3/c1-9(2)15-8-12(13-14-15)11-7-5-4-6-10(11)3/h4-9H,1-3H3. The number of hydrogen-bond donors (Lipinski definition) is 0. The summed E-state index contributed by atoms with van der Waals surface area (Å²) >= 11 is 0. The molecule has 0 aliphatic rings. The lowest BCUT2D eigenvalue weighted by Gasteiger charge is -2.02. The Bertz CT molecular complexity index is 457. The van der Waals surface area contributed by atoms with Crippen LogP contribution in [0.2, 0.25) is 0 Å². The molecule has 0 unspecified atom stereocenters. The first-order chi connectivity index (χ1) is 7.18. The molecule has 15 heavy (non-hydrogen) atoms. The van der Waals surface area contributed by atoms with Crippen molar-refractivity contribution in [3.8, 4) is 11.3 Å². The van der Waals surface area contributed by atoms with E-state index < -0.39 is 0 Å². The van der Waals surface area contributed by atoms with E-state index in [9.17, 15) is 0 Å². The third-order valence-corrected chi connectivity index (χ3v) is 2.46. The molecule has 0 fully saturated rings. The van der Waals surface area contributed by atoms with Gasteiger partial charge in [-0.15, -0.1) is 5.10 Å². The van der Waals surface area contributed by atoms with Crippen molar-refractivity contribution in [2.45, 2.75) is 26.8 Å². The van der Waals surface area contributed by atoms with Crippen LogP contribution in [0.3, 0.4) is 0 Å². The molecule has 0 aliphatic heterocycles. The summed E-state index contributed by atoms with van der Waals surface area (Å²) in [4.78, 5) is 0. The number of nitrogens with zero attached hydrogens (tertiary/aromatic N) is 3. The lowest BCUT2D eigenvalue weighted by molar-refractivity contribution is 0.514. The summed E-state index contributed by atoms with van der Waals surface area (Å²) in [5.41, 5.74) is 3.33. The monoisotopic (exact) mass is 201 g/mol. The predicted molar refractivity (Wildman–Crippen MR) is 60.6 cm³/mol. The molecule has 0 N–H and O–H groups in total. The predicted octanol–water partition coefficient (Wildman–Crippen LogP) is 2.83. The Morgan fingerprint density at radius 1 is 1.20 bits per heavy atom. The lowest BCUT2D eigenvalue weighted by Crippen LogP contribution is -2.00.